The van der Waals surface area contributed by atoms with E-state index < -0.39 is 30.7 Å². The molecular formula is C12H12N2O6. The summed E-state index contributed by atoms with van der Waals surface area (Å²) in [6.07, 6.45) is -0.302. The normalized spacial score (nSPS) is 15.2. The van der Waals surface area contributed by atoms with Crippen molar-refractivity contribution in [3.05, 3.63) is 23.9 Å². The van der Waals surface area contributed by atoms with Gasteiger partial charge in [0, 0.05) is 6.20 Å². The van der Waals surface area contributed by atoms with E-state index in [4.69, 9.17) is 14.2 Å². The highest BCUT2D eigenvalue weighted by molar-refractivity contribution is 5.93. The SMILES string of the molecule is CCOC(=O)c1ccnc(NC2OC(=O)CC(=O)O2)c1. The number of carbonyl (C=O) groups excluding carboxylic acids is 3. The van der Waals surface area contributed by atoms with E-state index in [1.54, 1.807) is 6.92 Å². The Labute approximate surface area is 114 Å². The Bertz CT molecular complexity index is 529. The molecule has 1 saturated heterocycles. The Morgan fingerprint density at radius 1 is 1.45 bits per heavy atom. The van der Waals surface area contributed by atoms with E-state index >= 15 is 0 Å². The summed E-state index contributed by atoms with van der Waals surface area (Å²) in [4.78, 5) is 37.6. The minimum Gasteiger partial charge on any atom is -0.462 e. The maximum Gasteiger partial charge on any atom is 0.338 e. The highest BCUT2D eigenvalue weighted by atomic mass is 16.7. The number of anilines is 1. The van der Waals surface area contributed by atoms with Gasteiger partial charge in [-0.05, 0) is 19.1 Å². The fourth-order valence-corrected chi connectivity index (χ4v) is 1.49. The number of cyclic esters (lactones) is 2. The predicted molar refractivity (Wildman–Crippen MR) is 64.4 cm³/mol. The molecule has 0 atom stereocenters. The molecule has 2 rings (SSSR count). The zero-order valence-electron chi connectivity index (χ0n) is 10.6. The summed E-state index contributed by atoms with van der Waals surface area (Å²) in [6, 6.07) is 2.87. The van der Waals surface area contributed by atoms with Crippen molar-refractivity contribution in [2.24, 2.45) is 0 Å². The Kier molecular flexibility index (Phi) is 4.14. The van der Waals surface area contributed by atoms with Crippen LogP contribution in [0.4, 0.5) is 5.82 Å². The molecule has 1 aliphatic rings. The van der Waals surface area contributed by atoms with Crippen LogP contribution in [-0.4, -0.2) is 35.9 Å². The average Bonchev–Trinajstić information content (AvgIpc) is 2.38. The lowest BCUT2D eigenvalue weighted by molar-refractivity contribution is -0.197. The topological polar surface area (TPSA) is 104 Å². The maximum atomic E-state index is 11.5. The van der Waals surface area contributed by atoms with E-state index in [0.717, 1.165) is 0 Å². The molecule has 1 aromatic rings. The van der Waals surface area contributed by atoms with Crippen molar-refractivity contribution < 1.29 is 28.6 Å². The van der Waals surface area contributed by atoms with Crippen molar-refractivity contribution >= 4 is 23.7 Å². The molecular weight excluding hydrogens is 268 g/mol. The van der Waals surface area contributed by atoms with Gasteiger partial charge in [-0.15, -0.1) is 0 Å². The third-order valence-electron chi connectivity index (χ3n) is 2.30. The molecule has 1 N–H and O–H groups in total. The molecule has 0 saturated carbocycles. The zero-order chi connectivity index (χ0) is 14.5. The lowest BCUT2D eigenvalue weighted by Gasteiger charge is -2.23. The van der Waals surface area contributed by atoms with Gasteiger partial charge in [0.15, 0.2) is 0 Å². The summed E-state index contributed by atoms with van der Waals surface area (Å²) < 4.78 is 14.4. The second-order valence-corrected chi connectivity index (χ2v) is 3.78. The molecule has 8 nitrogen and oxygen atoms in total. The van der Waals surface area contributed by atoms with Crippen LogP contribution in [0.15, 0.2) is 18.3 Å². The van der Waals surface area contributed by atoms with Crippen LogP contribution in [0.1, 0.15) is 23.7 Å². The Balaban J connectivity index is 2.06. The highest BCUT2D eigenvalue weighted by Gasteiger charge is 2.28. The number of rotatable bonds is 4. The first-order chi connectivity index (χ1) is 9.58. The fourth-order valence-electron chi connectivity index (χ4n) is 1.49. The third-order valence-corrected chi connectivity index (χ3v) is 2.30. The first-order valence-electron chi connectivity index (χ1n) is 5.87. The molecule has 106 valence electrons. The van der Waals surface area contributed by atoms with Crippen molar-refractivity contribution in [2.75, 3.05) is 11.9 Å². The largest absolute Gasteiger partial charge is 0.462 e. The molecule has 0 aliphatic carbocycles. The highest BCUT2D eigenvalue weighted by Crippen LogP contribution is 2.13. The molecule has 8 heteroatoms. The second kappa shape index (κ2) is 6.00. The number of hydrogen-bond acceptors (Lipinski definition) is 8. The van der Waals surface area contributed by atoms with E-state index in [0.29, 0.717) is 0 Å². The lowest BCUT2D eigenvalue weighted by atomic mass is 10.2. The smallest absolute Gasteiger partial charge is 0.338 e. The molecule has 20 heavy (non-hydrogen) atoms. The van der Waals surface area contributed by atoms with Crippen molar-refractivity contribution in [3.8, 4) is 0 Å². The standard InChI is InChI=1S/C12H12N2O6/c1-2-18-11(17)7-3-4-13-8(5-7)14-12-19-9(15)6-10(16)20-12/h3-5,12H,2,6H2,1H3,(H,13,14). The van der Waals surface area contributed by atoms with E-state index in [9.17, 15) is 14.4 Å². The van der Waals surface area contributed by atoms with Gasteiger partial charge in [0.1, 0.15) is 12.2 Å². The molecule has 2 heterocycles. The summed E-state index contributed by atoms with van der Waals surface area (Å²) in [5, 5.41) is 2.57. The van der Waals surface area contributed by atoms with Gasteiger partial charge in [-0.3, -0.25) is 9.59 Å². The van der Waals surface area contributed by atoms with Gasteiger partial charge in [-0.2, -0.15) is 0 Å². The number of carbonyl (C=O) groups is 3. The first kappa shape index (κ1) is 13.8. The lowest BCUT2D eigenvalue weighted by Crippen LogP contribution is -2.37. The van der Waals surface area contributed by atoms with Gasteiger partial charge in [0.05, 0.1) is 12.2 Å². The van der Waals surface area contributed by atoms with Gasteiger partial charge in [0.2, 0.25) is 0 Å². The van der Waals surface area contributed by atoms with E-state index in [-0.39, 0.29) is 18.0 Å². The fraction of sp³-hybridized carbons (Fsp3) is 0.333. The van der Waals surface area contributed by atoms with Gasteiger partial charge < -0.3 is 19.5 Å². The predicted octanol–water partition coefficient (Wildman–Crippen LogP) is 0.444. The van der Waals surface area contributed by atoms with Crippen LogP contribution < -0.4 is 5.32 Å². The van der Waals surface area contributed by atoms with Crippen LogP contribution in [0.3, 0.4) is 0 Å². The summed E-state index contributed by atoms with van der Waals surface area (Å²) in [5.41, 5.74) is 0.276. The van der Waals surface area contributed by atoms with Gasteiger partial charge in [0.25, 0.3) is 0 Å². The van der Waals surface area contributed by atoms with Crippen molar-refractivity contribution in [1.82, 2.24) is 4.98 Å². The average molecular weight is 280 g/mol. The number of nitrogens with one attached hydrogen (secondary N) is 1. The molecule has 0 unspecified atom stereocenters. The summed E-state index contributed by atoms with van der Waals surface area (Å²) in [5.74, 6) is -1.68. The molecule has 0 bridgehead atoms. The number of nitrogens with zero attached hydrogens (tertiary/aromatic N) is 1. The monoisotopic (exact) mass is 280 g/mol. The summed E-state index contributed by atoms with van der Waals surface area (Å²) in [7, 11) is 0. The van der Waals surface area contributed by atoms with Crippen molar-refractivity contribution in [3.63, 3.8) is 0 Å². The minimum atomic E-state index is -1.26. The van der Waals surface area contributed by atoms with Gasteiger partial charge >= 0.3 is 24.3 Å². The number of hydrogen-bond donors (Lipinski definition) is 1. The number of ether oxygens (including phenoxy) is 3. The maximum absolute atomic E-state index is 11.5. The third kappa shape index (κ3) is 3.44. The quantitative estimate of drug-likeness (QED) is 0.626. The zero-order valence-corrected chi connectivity index (χ0v) is 10.6. The molecule has 1 aromatic heterocycles. The van der Waals surface area contributed by atoms with Crippen molar-refractivity contribution in [1.29, 1.82) is 0 Å². The Morgan fingerprint density at radius 2 is 2.15 bits per heavy atom. The first-order valence-corrected chi connectivity index (χ1v) is 5.87. The van der Waals surface area contributed by atoms with Gasteiger partial charge in [-0.25, -0.2) is 9.78 Å². The van der Waals surface area contributed by atoms with Crippen LogP contribution in [-0.2, 0) is 23.8 Å². The molecule has 0 aromatic carbocycles. The molecule has 0 spiro atoms. The number of esters is 3. The number of pyridine rings is 1. The second-order valence-electron chi connectivity index (χ2n) is 3.78. The Hall–Kier alpha value is -2.64. The molecule has 0 radical (unpaired) electrons. The van der Waals surface area contributed by atoms with Crippen LogP contribution >= 0.6 is 0 Å². The van der Waals surface area contributed by atoms with Crippen LogP contribution in [0.2, 0.25) is 0 Å². The molecule has 1 fully saturated rings. The van der Waals surface area contributed by atoms with Gasteiger partial charge in [-0.1, -0.05) is 0 Å². The molecule has 1 aliphatic heterocycles. The van der Waals surface area contributed by atoms with E-state index in [1.165, 1.54) is 18.3 Å². The van der Waals surface area contributed by atoms with E-state index in [1.807, 2.05) is 0 Å². The number of aromatic nitrogens is 1. The van der Waals surface area contributed by atoms with Crippen LogP contribution in [0.5, 0.6) is 0 Å². The van der Waals surface area contributed by atoms with Crippen LogP contribution in [0, 0.1) is 0 Å². The summed E-state index contributed by atoms with van der Waals surface area (Å²) >= 11 is 0. The summed E-state index contributed by atoms with van der Waals surface area (Å²) in [6.45, 7) is 1.95. The molecule has 0 amide bonds. The minimum absolute atomic E-state index is 0.211. The van der Waals surface area contributed by atoms with Crippen LogP contribution in [0.25, 0.3) is 0 Å². The van der Waals surface area contributed by atoms with E-state index in [2.05, 4.69) is 10.3 Å². The Morgan fingerprint density at radius 3 is 2.80 bits per heavy atom. The van der Waals surface area contributed by atoms with Crippen molar-refractivity contribution in [2.45, 2.75) is 19.8 Å².